The van der Waals surface area contributed by atoms with E-state index >= 15 is 0 Å². The highest BCUT2D eigenvalue weighted by Gasteiger charge is 2.28. The highest BCUT2D eigenvalue weighted by Crippen LogP contribution is 2.30. The van der Waals surface area contributed by atoms with Crippen molar-refractivity contribution in [3.63, 3.8) is 0 Å². The minimum atomic E-state index is -0.331. The predicted molar refractivity (Wildman–Crippen MR) is 81.8 cm³/mol. The molecule has 0 radical (unpaired) electrons. The van der Waals surface area contributed by atoms with Gasteiger partial charge in [0.05, 0.1) is 11.6 Å². The Bertz CT molecular complexity index is 362. The van der Waals surface area contributed by atoms with E-state index in [0.29, 0.717) is 6.04 Å². The van der Waals surface area contributed by atoms with Gasteiger partial charge in [-0.1, -0.05) is 31.9 Å². The summed E-state index contributed by atoms with van der Waals surface area (Å²) < 4.78 is 2.16. The van der Waals surface area contributed by atoms with Crippen LogP contribution in [0.2, 0.25) is 0 Å². The van der Waals surface area contributed by atoms with Gasteiger partial charge in [-0.25, -0.2) is 0 Å². The molecule has 4 N–H and O–H groups in total. The van der Waals surface area contributed by atoms with Crippen LogP contribution >= 0.6 is 31.9 Å². The van der Waals surface area contributed by atoms with E-state index in [2.05, 4.69) is 43.3 Å². The largest absolute Gasteiger partial charge is 0.393 e. The smallest absolute Gasteiger partial charge is 0.0541 e. The maximum absolute atomic E-state index is 9.48. The lowest BCUT2D eigenvalue weighted by molar-refractivity contribution is 0.116. The van der Waals surface area contributed by atoms with E-state index in [4.69, 9.17) is 5.73 Å². The molecule has 0 aromatic rings. The number of nitrogens with two attached hydrogens (primary N) is 1. The Labute approximate surface area is 125 Å². The van der Waals surface area contributed by atoms with Gasteiger partial charge in [0.1, 0.15) is 0 Å². The Hall–Kier alpha value is 0.320. The zero-order chi connectivity index (χ0) is 13.2. The summed E-state index contributed by atoms with van der Waals surface area (Å²) in [7, 11) is 0. The molecule has 1 fully saturated rings. The number of allylic oxidation sites excluding steroid dienone is 2. The van der Waals surface area contributed by atoms with Crippen LogP contribution < -0.4 is 11.1 Å². The highest BCUT2D eigenvalue weighted by atomic mass is 79.9. The second-order valence-electron chi connectivity index (χ2n) is 5.42. The molecule has 5 heteroatoms. The first-order chi connectivity index (χ1) is 8.47. The van der Waals surface area contributed by atoms with Crippen molar-refractivity contribution in [2.75, 3.05) is 6.54 Å². The quantitative estimate of drug-likeness (QED) is 0.706. The summed E-state index contributed by atoms with van der Waals surface area (Å²) in [6.45, 7) is 0.770. The Morgan fingerprint density at radius 2 is 2.00 bits per heavy atom. The highest BCUT2D eigenvalue weighted by molar-refractivity contribution is 9.12. The molecular weight excluding hydrogens is 360 g/mol. The van der Waals surface area contributed by atoms with Crippen molar-refractivity contribution in [3.05, 3.63) is 21.1 Å². The lowest BCUT2D eigenvalue weighted by Crippen LogP contribution is -2.51. The third-order valence-electron chi connectivity index (χ3n) is 3.63. The first-order valence-corrected chi connectivity index (χ1v) is 8.00. The third-order valence-corrected chi connectivity index (χ3v) is 4.60. The Morgan fingerprint density at radius 3 is 2.61 bits per heavy atom. The zero-order valence-electron chi connectivity index (χ0n) is 10.3. The molecule has 0 amide bonds. The molecule has 3 nitrogen and oxygen atoms in total. The van der Waals surface area contributed by atoms with Crippen LogP contribution in [-0.2, 0) is 0 Å². The van der Waals surface area contributed by atoms with Gasteiger partial charge in [0, 0.05) is 23.5 Å². The van der Waals surface area contributed by atoms with Crippen LogP contribution in [0, 0.1) is 0 Å². The monoisotopic (exact) mass is 378 g/mol. The molecule has 1 atom stereocenters. The molecule has 0 spiro atoms. The van der Waals surface area contributed by atoms with Crippen LogP contribution in [0.4, 0.5) is 0 Å². The van der Waals surface area contributed by atoms with Gasteiger partial charge < -0.3 is 16.2 Å². The molecule has 0 aromatic carbocycles. The minimum absolute atomic E-state index is 0.101. The fourth-order valence-electron chi connectivity index (χ4n) is 2.61. The van der Waals surface area contributed by atoms with Crippen molar-refractivity contribution in [3.8, 4) is 0 Å². The van der Waals surface area contributed by atoms with Gasteiger partial charge in [-0.05, 0) is 42.3 Å². The number of hydrogen-bond donors (Lipinski definition) is 3. The lowest BCUT2D eigenvalue weighted by atomic mass is 9.89. The van der Waals surface area contributed by atoms with E-state index < -0.39 is 0 Å². The van der Waals surface area contributed by atoms with Crippen molar-refractivity contribution < 1.29 is 5.11 Å². The summed E-state index contributed by atoms with van der Waals surface area (Å²) in [6.07, 6.45) is 8.72. The topological polar surface area (TPSA) is 58.3 Å². The van der Waals surface area contributed by atoms with Crippen LogP contribution in [0.25, 0.3) is 0 Å². The summed E-state index contributed by atoms with van der Waals surface area (Å²) in [4.78, 5) is 0. The molecule has 0 aromatic heterocycles. The first kappa shape index (κ1) is 14.7. The average molecular weight is 380 g/mol. The number of aliphatic hydroxyl groups excluding tert-OH is 1. The predicted octanol–water partition coefficient (Wildman–Crippen LogP) is 2.54. The van der Waals surface area contributed by atoms with Gasteiger partial charge in [-0.3, -0.25) is 0 Å². The Balaban J connectivity index is 1.85. The third kappa shape index (κ3) is 4.17. The molecule has 0 saturated heterocycles. The average Bonchev–Trinajstić information content (AvgIpc) is 2.26. The van der Waals surface area contributed by atoms with Gasteiger partial charge in [-0.2, -0.15) is 0 Å². The Kier molecular flexibility index (Phi) is 5.06. The van der Waals surface area contributed by atoms with E-state index in [1.54, 1.807) is 0 Å². The van der Waals surface area contributed by atoms with Gasteiger partial charge in [0.15, 0.2) is 0 Å². The van der Waals surface area contributed by atoms with E-state index in [-0.39, 0.29) is 11.6 Å². The summed E-state index contributed by atoms with van der Waals surface area (Å²) >= 11 is 7.02. The minimum Gasteiger partial charge on any atom is -0.393 e. The van der Waals surface area contributed by atoms with Crippen LogP contribution in [0.3, 0.4) is 0 Å². The second kappa shape index (κ2) is 6.18. The number of nitrogens with one attached hydrogen (secondary N) is 1. The first-order valence-electron chi connectivity index (χ1n) is 6.42. The van der Waals surface area contributed by atoms with Crippen molar-refractivity contribution in [1.82, 2.24) is 5.32 Å². The van der Waals surface area contributed by atoms with Crippen molar-refractivity contribution in [1.29, 1.82) is 0 Å². The molecule has 102 valence electrons. The van der Waals surface area contributed by atoms with Crippen LogP contribution in [0.15, 0.2) is 21.1 Å². The van der Waals surface area contributed by atoms with Gasteiger partial charge in [0.2, 0.25) is 0 Å². The van der Waals surface area contributed by atoms with Crippen molar-refractivity contribution in [2.24, 2.45) is 5.73 Å². The molecule has 1 unspecified atom stereocenters. The van der Waals surface area contributed by atoms with E-state index in [1.807, 2.05) is 6.08 Å². The molecule has 0 aliphatic heterocycles. The number of rotatable bonds is 3. The van der Waals surface area contributed by atoms with Crippen molar-refractivity contribution in [2.45, 2.75) is 49.8 Å². The number of aliphatic hydroxyl groups is 1. The molecule has 18 heavy (non-hydrogen) atoms. The number of hydrogen-bond acceptors (Lipinski definition) is 3. The standard InChI is InChI=1S/C13H20Br2N2O/c14-9-5-10(15)7-13(16,6-9)8-17-11-1-3-12(18)4-2-11/h5-6,11-12,17-18H,1-4,7-8,16H2. The van der Waals surface area contributed by atoms with E-state index in [9.17, 15) is 5.11 Å². The zero-order valence-corrected chi connectivity index (χ0v) is 13.5. The fourth-order valence-corrected chi connectivity index (χ4v) is 4.42. The molecule has 2 aliphatic rings. The summed E-state index contributed by atoms with van der Waals surface area (Å²) in [5.41, 5.74) is 6.06. The molecule has 2 rings (SSSR count). The normalized spacial score (nSPS) is 37.1. The van der Waals surface area contributed by atoms with Crippen molar-refractivity contribution >= 4 is 31.9 Å². The SMILES string of the molecule is NC1(CNC2CCC(O)CC2)C=C(Br)C=C(Br)C1. The Morgan fingerprint density at radius 1 is 1.33 bits per heavy atom. The summed E-state index contributed by atoms with van der Waals surface area (Å²) in [5.74, 6) is 0. The van der Waals surface area contributed by atoms with Gasteiger partial charge in [-0.15, -0.1) is 0 Å². The van der Waals surface area contributed by atoms with Crippen LogP contribution in [-0.4, -0.2) is 29.3 Å². The molecule has 2 aliphatic carbocycles. The van der Waals surface area contributed by atoms with E-state index in [1.165, 1.54) is 0 Å². The maximum atomic E-state index is 9.48. The summed E-state index contributed by atoms with van der Waals surface area (Å²) in [6, 6.07) is 0.491. The summed E-state index contributed by atoms with van der Waals surface area (Å²) in [5, 5.41) is 13.0. The molecule has 1 saturated carbocycles. The van der Waals surface area contributed by atoms with E-state index in [0.717, 1.165) is 47.6 Å². The molecule has 0 bridgehead atoms. The number of halogens is 2. The fraction of sp³-hybridized carbons (Fsp3) is 0.692. The maximum Gasteiger partial charge on any atom is 0.0541 e. The second-order valence-corrected chi connectivity index (χ2v) is 7.35. The lowest BCUT2D eigenvalue weighted by Gasteiger charge is -2.33. The molecule has 0 heterocycles. The van der Waals surface area contributed by atoms with Crippen LogP contribution in [0.1, 0.15) is 32.1 Å². The molecular formula is C13H20Br2N2O. The van der Waals surface area contributed by atoms with Gasteiger partial charge in [0.25, 0.3) is 0 Å². The van der Waals surface area contributed by atoms with Gasteiger partial charge >= 0.3 is 0 Å². The van der Waals surface area contributed by atoms with Crippen LogP contribution in [0.5, 0.6) is 0 Å².